The van der Waals surface area contributed by atoms with Gasteiger partial charge in [-0.3, -0.25) is 4.90 Å². The number of nitrogens with one attached hydrogen (secondary N) is 1. The van der Waals surface area contributed by atoms with E-state index in [4.69, 9.17) is 9.47 Å². The molecule has 0 bridgehead atoms. The van der Waals surface area contributed by atoms with Crippen LogP contribution in [0.5, 0.6) is 5.75 Å². The van der Waals surface area contributed by atoms with Crippen molar-refractivity contribution in [3.8, 4) is 5.75 Å². The molecule has 2 aliphatic rings. The van der Waals surface area contributed by atoms with Gasteiger partial charge in [0.05, 0.1) is 13.2 Å². The molecule has 0 radical (unpaired) electrons. The fraction of sp³-hybridized carbons (Fsp3) is 0.647. The molecule has 116 valence electrons. The molecule has 4 nitrogen and oxygen atoms in total. The Morgan fingerprint density at radius 3 is 2.52 bits per heavy atom. The summed E-state index contributed by atoms with van der Waals surface area (Å²) >= 11 is 0. The van der Waals surface area contributed by atoms with E-state index < -0.39 is 0 Å². The van der Waals surface area contributed by atoms with Crippen molar-refractivity contribution >= 4 is 5.69 Å². The van der Waals surface area contributed by atoms with Gasteiger partial charge < -0.3 is 14.8 Å². The van der Waals surface area contributed by atoms with Crippen molar-refractivity contribution in [3.63, 3.8) is 0 Å². The van der Waals surface area contributed by atoms with Crippen molar-refractivity contribution in [1.29, 1.82) is 0 Å². The van der Waals surface area contributed by atoms with Crippen molar-refractivity contribution in [2.24, 2.45) is 0 Å². The Bertz CT molecular complexity index is 429. The highest BCUT2D eigenvalue weighted by Gasteiger charge is 2.32. The second-order valence-electron chi connectivity index (χ2n) is 5.93. The van der Waals surface area contributed by atoms with E-state index in [1.54, 1.807) is 0 Å². The number of nitrogens with zero attached hydrogens (tertiary/aromatic N) is 1. The second-order valence-corrected chi connectivity index (χ2v) is 5.93. The standard InChI is InChI=1S/C17H26N2O2/c1-18-14-6-8-15(9-7-14)21-17-5-3-2-4-16(17)19-10-12-20-13-11-19/h6-9,16-18H,2-5,10-13H2,1H3. The number of anilines is 1. The summed E-state index contributed by atoms with van der Waals surface area (Å²) in [4.78, 5) is 2.56. The molecule has 1 aromatic rings. The highest BCUT2D eigenvalue weighted by molar-refractivity contribution is 5.45. The highest BCUT2D eigenvalue weighted by atomic mass is 16.5. The number of morpholine rings is 1. The molecule has 1 aliphatic carbocycles. The van der Waals surface area contributed by atoms with Crippen molar-refractivity contribution < 1.29 is 9.47 Å². The molecule has 1 saturated carbocycles. The molecule has 1 aliphatic heterocycles. The van der Waals surface area contributed by atoms with Gasteiger partial charge in [-0.15, -0.1) is 0 Å². The van der Waals surface area contributed by atoms with E-state index in [2.05, 4.69) is 34.5 Å². The first-order valence-electron chi connectivity index (χ1n) is 8.13. The molecule has 4 heteroatoms. The van der Waals surface area contributed by atoms with Gasteiger partial charge in [-0.05, 0) is 43.5 Å². The van der Waals surface area contributed by atoms with Crippen LogP contribution < -0.4 is 10.1 Å². The van der Waals surface area contributed by atoms with Crippen LogP contribution in [0.25, 0.3) is 0 Å². The van der Waals surface area contributed by atoms with Gasteiger partial charge in [-0.2, -0.15) is 0 Å². The molecule has 2 fully saturated rings. The van der Waals surface area contributed by atoms with E-state index >= 15 is 0 Å². The predicted octanol–water partition coefficient (Wildman–Crippen LogP) is 2.75. The summed E-state index contributed by atoms with van der Waals surface area (Å²) in [6, 6.07) is 8.82. The minimum atomic E-state index is 0.317. The van der Waals surface area contributed by atoms with Crippen molar-refractivity contribution in [3.05, 3.63) is 24.3 Å². The predicted molar refractivity (Wildman–Crippen MR) is 85.1 cm³/mol. The van der Waals surface area contributed by atoms with Crippen LogP contribution in [0.3, 0.4) is 0 Å². The van der Waals surface area contributed by atoms with Crippen LogP contribution in [0, 0.1) is 0 Å². The van der Waals surface area contributed by atoms with E-state index in [1.165, 1.54) is 19.3 Å². The van der Waals surface area contributed by atoms with E-state index in [1.807, 2.05) is 7.05 Å². The van der Waals surface area contributed by atoms with Gasteiger partial charge in [0.15, 0.2) is 0 Å². The largest absolute Gasteiger partial charge is 0.489 e. The Labute approximate surface area is 127 Å². The lowest BCUT2D eigenvalue weighted by Crippen LogP contribution is -2.52. The van der Waals surface area contributed by atoms with Gasteiger partial charge in [0.2, 0.25) is 0 Å². The first-order chi connectivity index (χ1) is 10.4. The molecule has 0 amide bonds. The summed E-state index contributed by atoms with van der Waals surface area (Å²) in [7, 11) is 1.94. The fourth-order valence-corrected chi connectivity index (χ4v) is 3.42. The van der Waals surface area contributed by atoms with Gasteiger partial charge in [-0.25, -0.2) is 0 Å². The van der Waals surface area contributed by atoms with Gasteiger partial charge in [-0.1, -0.05) is 6.42 Å². The van der Waals surface area contributed by atoms with Gasteiger partial charge in [0.25, 0.3) is 0 Å². The van der Waals surface area contributed by atoms with Crippen molar-refractivity contribution in [2.45, 2.75) is 37.8 Å². The molecule has 2 atom stereocenters. The third-order valence-corrected chi connectivity index (χ3v) is 4.61. The number of hydrogen-bond acceptors (Lipinski definition) is 4. The third-order valence-electron chi connectivity index (χ3n) is 4.61. The molecule has 1 saturated heterocycles. The van der Waals surface area contributed by atoms with Crippen LogP contribution in [-0.2, 0) is 4.74 Å². The van der Waals surface area contributed by atoms with Crippen molar-refractivity contribution in [2.75, 3.05) is 38.7 Å². The minimum Gasteiger partial charge on any atom is -0.489 e. The lowest BCUT2D eigenvalue weighted by molar-refractivity contribution is -0.0281. The number of benzene rings is 1. The quantitative estimate of drug-likeness (QED) is 0.924. The molecule has 1 aromatic carbocycles. The Kier molecular flexibility index (Phi) is 4.99. The Balaban J connectivity index is 1.65. The fourth-order valence-electron chi connectivity index (χ4n) is 3.42. The summed E-state index contributed by atoms with van der Waals surface area (Å²) in [6.07, 6.45) is 5.33. The van der Waals surface area contributed by atoms with Crippen molar-refractivity contribution in [1.82, 2.24) is 4.90 Å². The monoisotopic (exact) mass is 290 g/mol. The summed E-state index contributed by atoms with van der Waals surface area (Å²) in [5.41, 5.74) is 1.12. The summed E-state index contributed by atoms with van der Waals surface area (Å²) < 4.78 is 11.8. The van der Waals surface area contributed by atoms with Gasteiger partial charge >= 0.3 is 0 Å². The van der Waals surface area contributed by atoms with Crippen LogP contribution in [0.2, 0.25) is 0 Å². The third kappa shape index (κ3) is 3.69. The molecular formula is C17H26N2O2. The van der Waals surface area contributed by atoms with Gasteiger partial charge in [0, 0.05) is 31.9 Å². The average molecular weight is 290 g/mol. The lowest BCUT2D eigenvalue weighted by atomic mass is 9.91. The second kappa shape index (κ2) is 7.14. The van der Waals surface area contributed by atoms with E-state index in [9.17, 15) is 0 Å². The first kappa shape index (κ1) is 14.7. The van der Waals surface area contributed by atoms with Crippen LogP contribution >= 0.6 is 0 Å². The molecule has 1 heterocycles. The molecule has 1 N–H and O–H groups in total. The number of ether oxygens (including phenoxy) is 2. The summed E-state index contributed by atoms with van der Waals surface area (Å²) in [6.45, 7) is 3.81. The van der Waals surface area contributed by atoms with Crippen LogP contribution in [0.1, 0.15) is 25.7 Å². The summed E-state index contributed by atoms with van der Waals surface area (Å²) in [5.74, 6) is 0.985. The molecule has 21 heavy (non-hydrogen) atoms. The smallest absolute Gasteiger partial charge is 0.119 e. The Morgan fingerprint density at radius 1 is 1.10 bits per heavy atom. The molecule has 0 spiro atoms. The average Bonchev–Trinajstić information content (AvgIpc) is 2.57. The lowest BCUT2D eigenvalue weighted by Gasteiger charge is -2.41. The maximum absolute atomic E-state index is 6.31. The first-order valence-corrected chi connectivity index (χ1v) is 8.13. The minimum absolute atomic E-state index is 0.317. The summed E-state index contributed by atoms with van der Waals surface area (Å²) in [5, 5.41) is 3.14. The molecule has 0 aromatic heterocycles. The maximum Gasteiger partial charge on any atom is 0.119 e. The number of rotatable bonds is 4. The van der Waals surface area contributed by atoms with E-state index in [0.29, 0.717) is 12.1 Å². The van der Waals surface area contributed by atoms with Crippen LogP contribution in [0.15, 0.2) is 24.3 Å². The highest BCUT2D eigenvalue weighted by Crippen LogP contribution is 2.28. The Morgan fingerprint density at radius 2 is 1.81 bits per heavy atom. The molecule has 2 unspecified atom stereocenters. The normalized spacial score (nSPS) is 27.3. The topological polar surface area (TPSA) is 33.7 Å². The SMILES string of the molecule is CNc1ccc(OC2CCCCC2N2CCOCC2)cc1. The van der Waals surface area contributed by atoms with Gasteiger partial charge in [0.1, 0.15) is 11.9 Å². The zero-order valence-corrected chi connectivity index (χ0v) is 12.9. The van der Waals surface area contributed by atoms with E-state index in [-0.39, 0.29) is 0 Å². The number of hydrogen-bond donors (Lipinski definition) is 1. The maximum atomic E-state index is 6.31. The molecule has 3 rings (SSSR count). The molecular weight excluding hydrogens is 264 g/mol. The zero-order valence-electron chi connectivity index (χ0n) is 12.9. The van der Waals surface area contributed by atoms with Crippen LogP contribution in [0.4, 0.5) is 5.69 Å². The van der Waals surface area contributed by atoms with Crippen LogP contribution in [-0.4, -0.2) is 50.4 Å². The Hall–Kier alpha value is -1.26. The van der Waals surface area contributed by atoms with E-state index in [0.717, 1.165) is 44.2 Å². The zero-order chi connectivity index (χ0) is 14.5.